The van der Waals surface area contributed by atoms with E-state index in [1.807, 2.05) is 31.4 Å². The van der Waals surface area contributed by atoms with Gasteiger partial charge in [0.15, 0.2) is 0 Å². The molecule has 0 radical (unpaired) electrons. The van der Waals surface area contributed by atoms with Gasteiger partial charge in [0, 0.05) is 26.1 Å². The van der Waals surface area contributed by atoms with E-state index in [0.29, 0.717) is 12.0 Å². The first-order chi connectivity index (χ1) is 14.2. The van der Waals surface area contributed by atoms with E-state index in [-0.39, 0.29) is 0 Å². The minimum absolute atomic E-state index is 0.324. The van der Waals surface area contributed by atoms with Crippen LogP contribution in [0.1, 0.15) is 17.7 Å². The van der Waals surface area contributed by atoms with Gasteiger partial charge in [0.2, 0.25) is 0 Å². The summed E-state index contributed by atoms with van der Waals surface area (Å²) in [5.74, 6) is -0.325. The van der Waals surface area contributed by atoms with Crippen molar-refractivity contribution in [1.82, 2.24) is 4.90 Å². The minimum Gasteiger partial charge on any atom is -0.497 e. The van der Waals surface area contributed by atoms with Crippen LogP contribution in [0.2, 0.25) is 0 Å². The molecule has 1 aromatic carbocycles. The normalized spacial score (nSPS) is 19.6. The summed E-state index contributed by atoms with van der Waals surface area (Å²) in [5.41, 5.74) is 1.33. The average molecular weight is 429 g/mol. The molecule has 0 aliphatic carbocycles. The number of rotatable bonds is 6. The van der Waals surface area contributed by atoms with Crippen molar-refractivity contribution >= 4 is 5.97 Å². The number of hydrogen-bond donors (Lipinski definition) is 1. The van der Waals surface area contributed by atoms with Gasteiger partial charge >= 0.3 is 12.1 Å². The first-order valence-electron chi connectivity index (χ1n) is 9.43. The zero-order valence-corrected chi connectivity index (χ0v) is 16.9. The van der Waals surface area contributed by atoms with Gasteiger partial charge in [-0.3, -0.25) is 4.90 Å². The SMILES string of the molecule is COc1ccc(C[C@H]2CN(Cc3ccco3)CC[C@@H]2OC)cc1.O=C(O)C(F)(F)F. The molecule has 30 heavy (non-hydrogen) atoms. The molecule has 3 rings (SSSR count). The summed E-state index contributed by atoms with van der Waals surface area (Å²) in [6.07, 6.45) is -0.925. The van der Waals surface area contributed by atoms with Gasteiger partial charge in [-0.05, 0) is 42.7 Å². The van der Waals surface area contributed by atoms with Gasteiger partial charge < -0.3 is 19.0 Å². The molecule has 166 valence electrons. The molecule has 1 aliphatic rings. The molecule has 1 fully saturated rings. The molecular weight excluding hydrogens is 403 g/mol. The van der Waals surface area contributed by atoms with Crippen LogP contribution in [0.4, 0.5) is 13.2 Å². The van der Waals surface area contributed by atoms with Gasteiger partial charge in [-0.1, -0.05) is 12.1 Å². The third-order valence-corrected chi connectivity index (χ3v) is 4.91. The van der Waals surface area contributed by atoms with Crippen LogP contribution >= 0.6 is 0 Å². The van der Waals surface area contributed by atoms with Gasteiger partial charge in [0.05, 0.1) is 26.0 Å². The average Bonchev–Trinajstić information content (AvgIpc) is 3.22. The lowest BCUT2D eigenvalue weighted by Gasteiger charge is -2.37. The Morgan fingerprint density at radius 2 is 1.90 bits per heavy atom. The quantitative estimate of drug-likeness (QED) is 0.749. The molecule has 2 atom stereocenters. The third kappa shape index (κ3) is 7.38. The zero-order chi connectivity index (χ0) is 22.1. The summed E-state index contributed by atoms with van der Waals surface area (Å²) in [4.78, 5) is 11.4. The molecule has 1 saturated heterocycles. The Morgan fingerprint density at radius 1 is 1.23 bits per heavy atom. The van der Waals surface area contributed by atoms with Crippen LogP contribution < -0.4 is 4.74 Å². The Kier molecular flexibility index (Phi) is 8.73. The Labute approximate surface area is 173 Å². The number of carboxylic acids is 1. The largest absolute Gasteiger partial charge is 0.497 e. The number of carboxylic acid groups (broad SMARTS) is 1. The predicted octanol–water partition coefficient (Wildman–Crippen LogP) is 4.00. The van der Waals surface area contributed by atoms with Crippen LogP contribution in [0.5, 0.6) is 5.75 Å². The highest BCUT2D eigenvalue weighted by Crippen LogP contribution is 2.25. The summed E-state index contributed by atoms with van der Waals surface area (Å²) in [6, 6.07) is 12.3. The third-order valence-electron chi connectivity index (χ3n) is 4.91. The number of hydrogen-bond acceptors (Lipinski definition) is 5. The molecule has 2 heterocycles. The standard InChI is InChI=1S/C19H25NO3.C2HF3O2/c1-21-17-7-5-15(6-8-17)12-16-13-20(10-9-19(16)22-2)14-18-4-3-11-23-18;3-2(4,5)1(6)7/h3-8,11,16,19H,9-10,12-14H2,1-2H3;(H,6,7)/t16-,19-;/m0./s1. The number of ether oxygens (including phenoxy) is 2. The number of likely N-dealkylation sites (tertiary alicyclic amines) is 1. The molecule has 1 aromatic heterocycles. The number of halogens is 3. The van der Waals surface area contributed by atoms with Crippen molar-refractivity contribution in [2.45, 2.75) is 31.7 Å². The highest BCUT2D eigenvalue weighted by Gasteiger charge is 2.38. The number of methoxy groups -OCH3 is 2. The van der Waals surface area contributed by atoms with E-state index in [9.17, 15) is 13.2 Å². The maximum absolute atomic E-state index is 10.6. The summed E-state index contributed by atoms with van der Waals surface area (Å²) in [7, 11) is 3.53. The number of alkyl halides is 3. The van der Waals surface area contributed by atoms with Crippen LogP contribution in [0.15, 0.2) is 47.1 Å². The number of piperidine rings is 1. The van der Waals surface area contributed by atoms with E-state index in [2.05, 4.69) is 17.0 Å². The van der Waals surface area contributed by atoms with Crippen LogP contribution in [-0.4, -0.2) is 55.6 Å². The highest BCUT2D eigenvalue weighted by molar-refractivity contribution is 5.73. The van der Waals surface area contributed by atoms with Crippen molar-refractivity contribution in [1.29, 1.82) is 0 Å². The zero-order valence-electron chi connectivity index (χ0n) is 16.9. The van der Waals surface area contributed by atoms with Gasteiger partial charge in [0.25, 0.3) is 0 Å². The van der Waals surface area contributed by atoms with Crippen molar-refractivity contribution in [3.8, 4) is 5.75 Å². The summed E-state index contributed by atoms with van der Waals surface area (Å²) in [5, 5.41) is 7.12. The first-order valence-corrected chi connectivity index (χ1v) is 9.43. The van der Waals surface area contributed by atoms with Gasteiger partial charge in [0.1, 0.15) is 11.5 Å². The number of carbonyl (C=O) groups is 1. The van der Waals surface area contributed by atoms with Crippen LogP contribution in [0.25, 0.3) is 0 Å². The molecule has 0 bridgehead atoms. The summed E-state index contributed by atoms with van der Waals surface area (Å²) < 4.78 is 48.2. The van der Waals surface area contributed by atoms with E-state index in [4.69, 9.17) is 23.8 Å². The topological polar surface area (TPSA) is 72.1 Å². The molecule has 6 nitrogen and oxygen atoms in total. The molecule has 1 aliphatic heterocycles. The smallest absolute Gasteiger partial charge is 0.490 e. The maximum atomic E-state index is 10.6. The monoisotopic (exact) mass is 429 g/mol. The lowest BCUT2D eigenvalue weighted by molar-refractivity contribution is -0.192. The van der Waals surface area contributed by atoms with Crippen LogP contribution in [0, 0.1) is 5.92 Å². The lowest BCUT2D eigenvalue weighted by Crippen LogP contribution is -2.44. The Hall–Kier alpha value is -2.52. The second-order valence-corrected chi connectivity index (χ2v) is 6.99. The first kappa shape index (κ1) is 23.8. The predicted molar refractivity (Wildman–Crippen MR) is 103 cm³/mol. The second-order valence-electron chi connectivity index (χ2n) is 6.99. The maximum Gasteiger partial charge on any atom is 0.490 e. The fraction of sp³-hybridized carbons (Fsp3) is 0.476. The minimum atomic E-state index is -5.08. The second kappa shape index (κ2) is 11.0. The van der Waals surface area contributed by atoms with Gasteiger partial charge in [-0.2, -0.15) is 13.2 Å². The Balaban J connectivity index is 0.000000396. The van der Waals surface area contributed by atoms with E-state index in [1.54, 1.807) is 13.4 Å². The van der Waals surface area contributed by atoms with Gasteiger partial charge in [-0.25, -0.2) is 4.79 Å². The summed E-state index contributed by atoms with van der Waals surface area (Å²) in [6.45, 7) is 2.96. The van der Waals surface area contributed by atoms with Crippen LogP contribution in [-0.2, 0) is 22.5 Å². The highest BCUT2D eigenvalue weighted by atomic mass is 19.4. The molecular formula is C21H26F3NO5. The molecule has 0 unspecified atom stereocenters. The summed E-state index contributed by atoms with van der Waals surface area (Å²) >= 11 is 0. The lowest BCUT2D eigenvalue weighted by atomic mass is 9.88. The molecule has 0 saturated carbocycles. The number of furan rings is 1. The Bertz CT molecular complexity index is 762. The van der Waals surface area contributed by atoms with Crippen molar-refractivity contribution in [3.05, 3.63) is 54.0 Å². The van der Waals surface area contributed by atoms with E-state index < -0.39 is 12.1 Å². The molecule has 0 spiro atoms. The molecule has 0 amide bonds. The fourth-order valence-corrected chi connectivity index (χ4v) is 3.42. The molecule has 2 aromatic rings. The fourth-order valence-electron chi connectivity index (χ4n) is 3.42. The van der Waals surface area contributed by atoms with E-state index in [0.717, 1.165) is 44.0 Å². The van der Waals surface area contributed by atoms with Crippen LogP contribution in [0.3, 0.4) is 0 Å². The van der Waals surface area contributed by atoms with Gasteiger partial charge in [-0.15, -0.1) is 0 Å². The van der Waals surface area contributed by atoms with E-state index >= 15 is 0 Å². The Morgan fingerprint density at radius 3 is 2.40 bits per heavy atom. The van der Waals surface area contributed by atoms with Crippen molar-refractivity contribution in [2.75, 3.05) is 27.3 Å². The van der Waals surface area contributed by atoms with Crippen molar-refractivity contribution in [3.63, 3.8) is 0 Å². The van der Waals surface area contributed by atoms with Crippen molar-refractivity contribution < 1.29 is 37.0 Å². The van der Waals surface area contributed by atoms with Crippen molar-refractivity contribution in [2.24, 2.45) is 5.92 Å². The molecule has 1 N–H and O–H groups in total. The molecule has 9 heteroatoms. The number of aliphatic carboxylic acids is 1. The number of benzene rings is 1. The number of nitrogens with zero attached hydrogens (tertiary/aromatic N) is 1. The van der Waals surface area contributed by atoms with E-state index in [1.165, 1.54) is 5.56 Å².